The van der Waals surface area contributed by atoms with E-state index in [0.29, 0.717) is 38.2 Å². The van der Waals surface area contributed by atoms with E-state index in [9.17, 15) is 19.5 Å². The predicted molar refractivity (Wildman–Crippen MR) is 97.4 cm³/mol. The number of nitrogens with zero attached hydrogens (tertiary/aromatic N) is 3. The highest BCUT2D eigenvalue weighted by Gasteiger charge is 2.54. The third kappa shape index (κ3) is 2.66. The fourth-order valence-electron chi connectivity index (χ4n) is 4.46. The molecule has 0 aliphatic carbocycles. The third-order valence-corrected chi connectivity index (χ3v) is 6.02. The molecule has 0 saturated carbocycles. The van der Waals surface area contributed by atoms with Gasteiger partial charge in [0.25, 0.3) is 0 Å². The molecule has 2 saturated heterocycles. The molecule has 2 aliphatic rings. The second kappa shape index (κ2) is 6.53. The van der Waals surface area contributed by atoms with Crippen LogP contribution in [0.2, 0.25) is 0 Å². The summed E-state index contributed by atoms with van der Waals surface area (Å²) in [6.45, 7) is 3.60. The normalized spacial score (nSPS) is 24.9. The summed E-state index contributed by atoms with van der Waals surface area (Å²) in [5, 5.41) is 9.76. The smallest absolute Gasteiger partial charge is 0.329 e. The number of para-hydroxylation sites is 2. The van der Waals surface area contributed by atoms with Crippen molar-refractivity contribution in [1.29, 1.82) is 0 Å². The van der Waals surface area contributed by atoms with Gasteiger partial charge in [-0.25, -0.2) is 4.79 Å². The Labute approximate surface area is 155 Å². The monoisotopic (exact) mass is 373 g/mol. The lowest BCUT2D eigenvalue weighted by Gasteiger charge is -2.33. The predicted octanol–water partition coefficient (Wildman–Crippen LogP) is 0.773. The number of aromatic nitrogens is 2. The number of rotatable bonds is 4. The molecular formula is C19H23N3O5. The summed E-state index contributed by atoms with van der Waals surface area (Å²) in [6, 6.07) is 7.39. The van der Waals surface area contributed by atoms with Crippen molar-refractivity contribution in [3.8, 4) is 0 Å². The number of likely N-dealkylation sites (tertiary alicyclic amines) is 1. The number of imidazole rings is 1. The first-order chi connectivity index (χ1) is 13.0. The van der Waals surface area contributed by atoms with Gasteiger partial charge in [0.1, 0.15) is 6.54 Å². The van der Waals surface area contributed by atoms with Crippen LogP contribution in [0.15, 0.2) is 29.1 Å². The fraction of sp³-hybridized carbons (Fsp3) is 0.526. The zero-order valence-electron chi connectivity index (χ0n) is 15.3. The number of amides is 1. The molecular weight excluding hydrogens is 350 g/mol. The van der Waals surface area contributed by atoms with Gasteiger partial charge in [-0.3, -0.25) is 18.7 Å². The van der Waals surface area contributed by atoms with Crippen molar-refractivity contribution >= 4 is 22.9 Å². The van der Waals surface area contributed by atoms with E-state index in [1.165, 1.54) is 4.57 Å². The van der Waals surface area contributed by atoms with Crippen LogP contribution in [0.5, 0.6) is 0 Å². The van der Waals surface area contributed by atoms with E-state index in [2.05, 4.69) is 0 Å². The first kappa shape index (κ1) is 17.8. The van der Waals surface area contributed by atoms with Crippen LogP contribution >= 0.6 is 0 Å². The van der Waals surface area contributed by atoms with Crippen LogP contribution < -0.4 is 5.69 Å². The molecule has 2 aromatic rings. The molecule has 0 unspecified atom stereocenters. The Morgan fingerprint density at radius 2 is 1.96 bits per heavy atom. The number of ether oxygens (including phenoxy) is 1. The Hall–Kier alpha value is -2.61. The summed E-state index contributed by atoms with van der Waals surface area (Å²) in [5.41, 5.74) is 0.352. The van der Waals surface area contributed by atoms with Crippen molar-refractivity contribution in [2.45, 2.75) is 26.4 Å². The van der Waals surface area contributed by atoms with E-state index in [4.69, 9.17) is 4.74 Å². The first-order valence-electron chi connectivity index (χ1n) is 9.25. The Morgan fingerprint density at radius 1 is 1.26 bits per heavy atom. The summed E-state index contributed by atoms with van der Waals surface area (Å²) < 4.78 is 8.56. The molecule has 1 amide bonds. The van der Waals surface area contributed by atoms with Gasteiger partial charge in [0, 0.05) is 32.2 Å². The second-order valence-corrected chi connectivity index (χ2v) is 7.36. The summed E-state index contributed by atoms with van der Waals surface area (Å²) in [7, 11) is 0. The first-order valence-corrected chi connectivity index (χ1v) is 9.25. The van der Waals surface area contributed by atoms with E-state index < -0.39 is 11.4 Å². The van der Waals surface area contributed by atoms with Crippen LogP contribution in [0.4, 0.5) is 0 Å². The average Bonchev–Trinajstić information content (AvgIpc) is 3.19. The van der Waals surface area contributed by atoms with E-state index >= 15 is 0 Å². The molecule has 8 nitrogen and oxygen atoms in total. The number of aryl methyl sites for hydroxylation is 1. The van der Waals surface area contributed by atoms with Crippen LogP contribution in [0.25, 0.3) is 11.0 Å². The van der Waals surface area contributed by atoms with E-state index in [-0.39, 0.29) is 30.6 Å². The van der Waals surface area contributed by atoms with Crippen molar-refractivity contribution < 1.29 is 19.4 Å². The molecule has 0 radical (unpaired) electrons. The summed E-state index contributed by atoms with van der Waals surface area (Å²) in [5.74, 6) is -1.31. The van der Waals surface area contributed by atoms with Gasteiger partial charge >= 0.3 is 11.7 Å². The zero-order valence-corrected chi connectivity index (χ0v) is 15.3. The highest BCUT2D eigenvalue weighted by molar-refractivity contribution is 5.83. The van der Waals surface area contributed by atoms with Gasteiger partial charge in [0.15, 0.2) is 0 Å². The number of hydrogen-bond donors (Lipinski definition) is 1. The molecule has 1 aromatic carbocycles. The van der Waals surface area contributed by atoms with Crippen LogP contribution in [0.1, 0.15) is 13.3 Å². The van der Waals surface area contributed by atoms with Gasteiger partial charge in [-0.15, -0.1) is 0 Å². The lowest BCUT2D eigenvalue weighted by molar-refractivity contribution is -0.157. The number of aliphatic carboxylic acids is 1. The quantitative estimate of drug-likeness (QED) is 0.855. The molecule has 1 aromatic heterocycles. The minimum Gasteiger partial charge on any atom is -0.481 e. The van der Waals surface area contributed by atoms with Crippen molar-refractivity contribution in [3.63, 3.8) is 0 Å². The fourth-order valence-corrected chi connectivity index (χ4v) is 4.46. The number of carbonyl (C=O) groups is 2. The Kier molecular flexibility index (Phi) is 4.30. The van der Waals surface area contributed by atoms with E-state index in [0.717, 1.165) is 5.52 Å². The third-order valence-electron chi connectivity index (χ3n) is 6.02. The maximum absolute atomic E-state index is 12.9. The summed E-state index contributed by atoms with van der Waals surface area (Å²) in [6.07, 6.45) is 0.409. The molecule has 0 bridgehead atoms. The highest BCUT2D eigenvalue weighted by atomic mass is 16.5. The van der Waals surface area contributed by atoms with Gasteiger partial charge < -0.3 is 14.7 Å². The van der Waals surface area contributed by atoms with Crippen LogP contribution in [0.3, 0.4) is 0 Å². The van der Waals surface area contributed by atoms with Crippen molar-refractivity contribution in [2.75, 3.05) is 26.3 Å². The topological polar surface area (TPSA) is 93.8 Å². The van der Waals surface area contributed by atoms with Crippen LogP contribution in [0, 0.1) is 11.3 Å². The standard InChI is InChI=1S/C19H23N3O5/c1-2-21-14-5-3-4-6-15(14)22(18(21)26)10-16(23)20-9-13-11-27-8-7-19(13,12-20)17(24)25/h3-6,13H,2,7-12H2,1H3,(H,24,25)/t13-,19+/m0/s1. The highest BCUT2D eigenvalue weighted by Crippen LogP contribution is 2.42. The molecule has 4 rings (SSSR count). The Balaban J connectivity index is 1.63. The maximum Gasteiger partial charge on any atom is 0.329 e. The summed E-state index contributed by atoms with van der Waals surface area (Å²) in [4.78, 5) is 39.2. The largest absolute Gasteiger partial charge is 0.481 e. The molecule has 3 heterocycles. The molecule has 1 N–H and O–H groups in total. The van der Waals surface area contributed by atoms with Crippen LogP contribution in [-0.2, 0) is 27.4 Å². The lowest BCUT2D eigenvalue weighted by Crippen LogP contribution is -2.45. The molecule has 2 aliphatic heterocycles. The average molecular weight is 373 g/mol. The molecule has 144 valence electrons. The molecule has 0 spiro atoms. The van der Waals surface area contributed by atoms with Crippen molar-refractivity contribution in [3.05, 3.63) is 34.7 Å². The van der Waals surface area contributed by atoms with Gasteiger partial charge in [0.05, 0.1) is 23.1 Å². The minimum absolute atomic E-state index is 0.0877. The number of fused-ring (bicyclic) bond motifs is 2. The van der Waals surface area contributed by atoms with Crippen LogP contribution in [-0.4, -0.2) is 57.3 Å². The van der Waals surface area contributed by atoms with Gasteiger partial charge in [-0.05, 0) is 25.5 Å². The van der Waals surface area contributed by atoms with Crippen molar-refractivity contribution in [1.82, 2.24) is 14.0 Å². The zero-order chi connectivity index (χ0) is 19.2. The molecule has 8 heteroatoms. The lowest BCUT2D eigenvalue weighted by atomic mass is 9.74. The number of benzene rings is 1. The summed E-state index contributed by atoms with van der Waals surface area (Å²) >= 11 is 0. The van der Waals surface area contributed by atoms with Gasteiger partial charge in [0.2, 0.25) is 5.91 Å². The number of carboxylic acid groups (broad SMARTS) is 1. The SMILES string of the molecule is CCn1c(=O)n(CC(=O)N2C[C@H]3COCC[C@@]3(C(=O)O)C2)c2ccccc21. The number of carbonyl (C=O) groups excluding carboxylic acids is 1. The molecule has 2 atom stereocenters. The Morgan fingerprint density at radius 3 is 2.59 bits per heavy atom. The van der Waals surface area contributed by atoms with Gasteiger partial charge in [-0.2, -0.15) is 0 Å². The van der Waals surface area contributed by atoms with Gasteiger partial charge in [-0.1, -0.05) is 12.1 Å². The van der Waals surface area contributed by atoms with E-state index in [1.807, 2.05) is 31.2 Å². The van der Waals surface area contributed by atoms with E-state index in [1.54, 1.807) is 9.47 Å². The maximum atomic E-state index is 12.9. The molecule has 2 fully saturated rings. The minimum atomic E-state index is -0.934. The molecule has 27 heavy (non-hydrogen) atoms. The number of carboxylic acids is 1. The number of hydrogen-bond acceptors (Lipinski definition) is 4. The Bertz CT molecular complexity index is 962. The second-order valence-electron chi connectivity index (χ2n) is 7.36. The van der Waals surface area contributed by atoms with Crippen molar-refractivity contribution in [2.24, 2.45) is 11.3 Å².